The Hall–Kier alpha value is -1.43. The van der Waals surface area contributed by atoms with E-state index >= 15 is 0 Å². The highest BCUT2D eigenvalue weighted by molar-refractivity contribution is 5.98. The van der Waals surface area contributed by atoms with Crippen molar-refractivity contribution in [1.82, 2.24) is 4.90 Å². The molecule has 5 nitrogen and oxygen atoms in total. The maximum Gasteiger partial charge on any atom is 0.244 e. The van der Waals surface area contributed by atoms with Crippen LogP contribution < -0.4 is 11.1 Å². The maximum absolute atomic E-state index is 12.4. The second-order valence-corrected chi connectivity index (χ2v) is 7.07. The van der Waals surface area contributed by atoms with Crippen LogP contribution in [0, 0.1) is 0 Å². The number of nitrogens with zero attached hydrogens (tertiary/aromatic N) is 1. The number of nitrogens with two attached hydrogens (primary N) is 1. The lowest BCUT2D eigenvalue weighted by molar-refractivity contribution is -0.124. The van der Waals surface area contributed by atoms with Crippen molar-refractivity contribution >= 4 is 11.6 Å². The number of likely N-dealkylation sites (tertiary alicyclic amines) is 1. The van der Waals surface area contributed by atoms with Crippen molar-refractivity contribution in [3.8, 4) is 0 Å². The molecular weight excluding hydrogens is 302 g/mol. The van der Waals surface area contributed by atoms with Crippen molar-refractivity contribution in [2.24, 2.45) is 5.73 Å². The number of hydrogen-bond donors (Lipinski definition) is 2. The maximum atomic E-state index is 12.4. The third-order valence-electron chi connectivity index (χ3n) is 5.21. The molecule has 0 spiro atoms. The number of anilines is 1. The minimum Gasteiger partial charge on any atom is -0.381 e. The number of nitrogens with one attached hydrogen (secondary N) is 1. The largest absolute Gasteiger partial charge is 0.381 e. The summed E-state index contributed by atoms with van der Waals surface area (Å²) >= 11 is 0. The SMILES string of the molecule is NC1(C(=O)Nc2ccc(CCN3CCCCC3)cc2)CCOCC1. The molecule has 3 N–H and O–H groups in total. The molecule has 1 aromatic rings. The lowest BCUT2D eigenvalue weighted by Crippen LogP contribution is -2.54. The molecule has 2 heterocycles. The lowest BCUT2D eigenvalue weighted by Gasteiger charge is -2.31. The molecule has 0 aliphatic carbocycles. The molecule has 0 atom stereocenters. The number of hydrogen-bond acceptors (Lipinski definition) is 4. The van der Waals surface area contributed by atoms with Gasteiger partial charge in [-0.3, -0.25) is 4.79 Å². The average molecular weight is 331 g/mol. The van der Waals surface area contributed by atoms with E-state index in [0.29, 0.717) is 26.1 Å². The Labute approximate surface area is 144 Å². The Kier molecular flexibility index (Phi) is 5.87. The first-order chi connectivity index (χ1) is 11.7. The van der Waals surface area contributed by atoms with Gasteiger partial charge in [0.25, 0.3) is 0 Å². The summed E-state index contributed by atoms with van der Waals surface area (Å²) < 4.78 is 5.29. The van der Waals surface area contributed by atoms with E-state index in [0.717, 1.165) is 18.7 Å². The molecule has 2 saturated heterocycles. The Bertz CT molecular complexity index is 532. The van der Waals surface area contributed by atoms with Crippen LogP contribution in [-0.2, 0) is 16.0 Å². The van der Waals surface area contributed by atoms with Gasteiger partial charge in [0.1, 0.15) is 5.54 Å². The molecular formula is C19H29N3O2. The Morgan fingerprint density at radius 2 is 1.79 bits per heavy atom. The molecule has 0 bridgehead atoms. The summed E-state index contributed by atoms with van der Waals surface area (Å²) in [7, 11) is 0. The van der Waals surface area contributed by atoms with E-state index in [1.165, 1.54) is 37.9 Å². The van der Waals surface area contributed by atoms with Gasteiger partial charge in [-0.05, 0) is 62.9 Å². The molecule has 0 unspecified atom stereocenters. The molecule has 1 amide bonds. The first-order valence-electron chi connectivity index (χ1n) is 9.15. The van der Waals surface area contributed by atoms with Crippen molar-refractivity contribution in [2.75, 3.05) is 38.2 Å². The molecule has 24 heavy (non-hydrogen) atoms. The van der Waals surface area contributed by atoms with Gasteiger partial charge >= 0.3 is 0 Å². The highest BCUT2D eigenvalue weighted by Gasteiger charge is 2.35. The molecule has 0 aromatic heterocycles. The van der Waals surface area contributed by atoms with E-state index in [-0.39, 0.29) is 5.91 Å². The quantitative estimate of drug-likeness (QED) is 0.868. The van der Waals surface area contributed by atoms with Gasteiger partial charge in [-0.1, -0.05) is 18.6 Å². The molecule has 3 rings (SSSR count). The van der Waals surface area contributed by atoms with Gasteiger partial charge in [0.2, 0.25) is 5.91 Å². The zero-order valence-corrected chi connectivity index (χ0v) is 14.4. The van der Waals surface area contributed by atoms with E-state index < -0.39 is 5.54 Å². The molecule has 0 saturated carbocycles. The van der Waals surface area contributed by atoms with Crippen molar-refractivity contribution < 1.29 is 9.53 Å². The fourth-order valence-corrected chi connectivity index (χ4v) is 3.44. The first-order valence-corrected chi connectivity index (χ1v) is 9.15. The van der Waals surface area contributed by atoms with Gasteiger partial charge in [-0.15, -0.1) is 0 Å². The van der Waals surface area contributed by atoms with Crippen LogP contribution in [0.15, 0.2) is 24.3 Å². The van der Waals surface area contributed by atoms with Crippen LogP contribution in [0.25, 0.3) is 0 Å². The minimum absolute atomic E-state index is 0.105. The number of ether oxygens (including phenoxy) is 1. The number of rotatable bonds is 5. The zero-order chi connectivity index (χ0) is 16.8. The molecule has 2 fully saturated rings. The fourth-order valence-electron chi connectivity index (χ4n) is 3.44. The van der Waals surface area contributed by atoms with Crippen LogP contribution in [0.3, 0.4) is 0 Å². The predicted molar refractivity (Wildman–Crippen MR) is 96.0 cm³/mol. The fraction of sp³-hybridized carbons (Fsp3) is 0.632. The zero-order valence-electron chi connectivity index (χ0n) is 14.4. The van der Waals surface area contributed by atoms with Crippen molar-refractivity contribution in [3.63, 3.8) is 0 Å². The summed E-state index contributed by atoms with van der Waals surface area (Å²) in [6.45, 7) is 4.70. The van der Waals surface area contributed by atoms with Gasteiger partial charge in [-0.25, -0.2) is 0 Å². The summed E-state index contributed by atoms with van der Waals surface area (Å²) in [6.07, 6.45) is 6.25. The van der Waals surface area contributed by atoms with E-state index in [2.05, 4.69) is 22.3 Å². The number of piperidine rings is 1. The summed E-state index contributed by atoms with van der Waals surface area (Å²) in [5, 5.41) is 2.95. The van der Waals surface area contributed by atoms with Crippen LogP contribution in [0.1, 0.15) is 37.7 Å². The van der Waals surface area contributed by atoms with Gasteiger partial charge in [-0.2, -0.15) is 0 Å². The number of carbonyl (C=O) groups is 1. The normalized spacial score (nSPS) is 21.4. The van der Waals surface area contributed by atoms with Gasteiger partial charge in [0.15, 0.2) is 0 Å². The second kappa shape index (κ2) is 8.10. The van der Waals surface area contributed by atoms with Crippen LogP contribution in [0.5, 0.6) is 0 Å². The van der Waals surface area contributed by atoms with Crippen LogP contribution in [0.4, 0.5) is 5.69 Å². The first kappa shape index (κ1) is 17.4. The molecule has 0 radical (unpaired) electrons. The Balaban J connectivity index is 1.49. The number of amides is 1. The molecule has 132 valence electrons. The van der Waals surface area contributed by atoms with E-state index in [1.54, 1.807) is 0 Å². The smallest absolute Gasteiger partial charge is 0.244 e. The van der Waals surface area contributed by atoms with Gasteiger partial charge < -0.3 is 20.7 Å². The van der Waals surface area contributed by atoms with E-state index in [4.69, 9.17) is 10.5 Å². The molecule has 5 heteroatoms. The second-order valence-electron chi connectivity index (χ2n) is 7.07. The molecule has 2 aliphatic heterocycles. The average Bonchev–Trinajstić information content (AvgIpc) is 2.62. The highest BCUT2D eigenvalue weighted by atomic mass is 16.5. The monoisotopic (exact) mass is 331 g/mol. The molecule has 2 aliphatic rings. The predicted octanol–water partition coefficient (Wildman–Crippen LogP) is 2.16. The van der Waals surface area contributed by atoms with Crippen molar-refractivity contribution in [2.45, 2.75) is 44.1 Å². The van der Waals surface area contributed by atoms with Crippen LogP contribution >= 0.6 is 0 Å². The Morgan fingerprint density at radius 3 is 2.46 bits per heavy atom. The highest BCUT2D eigenvalue weighted by Crippen LogP contribution is 2.20. The third kappa shape index (κ3) is 4.56. The summed E-state index contributed by atoms with van der Waals surface area (Å²) in [5.41, 5.74) is 7.54. The minimum atomic E-state index is -0.800. The number of carbonyl (C=O) groups excluding carboxylic acids is 1. The lowest BCUT2D eigenvalue weighted by atomic mass is 9.90. The van der Waals surface area contributed by atoms with Gasteiger partial charge in [0.05, 0.1) is 0 Å². The third-order valence-corrected chi connectivity index (χ3v) is 5.21. The van der Waals surface area contributed by atoms with E-state index in [9.17, 15) is 4.79 Å². The van der Waals surface area contributed by atoms with Crippen LogP contribution in [-0.4, -0.2) is 49.2 Å². The van der Waals surface area contributed by atoms with E-state index in [1.807, 2.05) is 12.1 Å². The van der Waals surface area contributed by atoms with Crippen LogP contribution in [0.2, 0.25) is 0 Å². The topological polar surface area (TPSA) is 67.6 Å². The van der Waals surface area contributed by atoms with Crippen molar-refractivity contribution in [1.29, 1.82) is 0 Å². The molecule has 1 aromatic carbocycles. The summed E-state index contributed by atoms with van der Waals surface area (Å²) in [6, 6.07) is 8.16. The summed E-state index contributed by atoms with van der Waals surface area (Å²) in [4.78, 5) is 15.0. The van der Waals surface area contributed by atoms with Crippen molar-refractivity contribution in [3.05, 3.63) is 29.8 Å². The van der Waals surface area contributed by atoms with Gasteiger partial charge in [0, 0.05) is 25.4 Å². The Morgan fingerprint density at radius 1 is 1.12 bits per heavy atom. The standard InChI is InChI=1S/C19H29N3O2/c20-19(9-14-24-15-10-19)18(23)21-17-6-4-16(5-7-17)8-13-22-11-2-1-3-12-22/h4-7H,1-3,8-15,20H2,(H,21,23). The number of benzene rings is 1. The summed E-state index contributed by atoms with van der Waals surface area (Å²) in [5.74, 6) is -0.105.